The quantitative estimate of drug-likeness (QED) is 0.0262. The van der Waals surface area contributed by atoms with Gasteiger partial charge < -0.3 is 14.2 Å². The summed E-state index contributed by atoms with van der Waals surface area (Å²) in [4.78, 5) is 37.7. The molecule has 0 amide bonds. The Bertz CT molecular complexity index is 989. The number of ether oxygens (including phenoxy) is 3. The molecule has 1 unspecified atom stereocenters. The summed E-state index contributed by atoms with van der Waals surface area (Å²) in [6, 6.07) is 0. The van der Waals surface area contributed by atoms with Crippen LogP contribution in [0.25, 0.3) is 0 Å². The van der Waals surface area contributed by atoms with Crippen molar-refractivity contribution in [2.75, 3.05) is 13.2 Å². The molecule has 0 heterocycles. The van der Waals surface area contributed by atoms with Gasteiger partial charge in [-0.15, -0.1) is 0 Å². The lowest BCUT2D eigenvalue weighted by Gasteiger charge is -2.18. The molecule has 6 heteroatoms. The molecule has 0 radical (unpaired) electrons. The number of carbonyl (C=O) groups is 3. The lowest BCUT2D eigenvalue weighted by Crippen LogP contribution is -2.30. The highest BCUT2D eigenvalue weighted by molar-refractivity contribution is 5.71. The van der Waals surface area contributed by atoms with E-state index in [4.69, 9.17) is 14.2 Å². The SMILES string of the molecule is CCCCCCC/C=C\C/C=C\CCCCCCCCCCCC(=O)OCC(COC(=O)CCCCCCC)OC(=O)CCCCCCCCCCCCCCCCCCC. The Balaban J connectivity index is 4.10. The Morgan fingerprint density at radius 2 is 0.590 bits per heavy atom. The first-order valence-electron chi connectivity index (χ1n) is 26.8. The number of hydrogen-bond donors (Lipinski definition) is 0. The molecule has 0 saturated heterocycles. The van der Waals surface area contributed by atoms with Crippen LogP contribution in [0.1, 0.15) is 290 Å². The van der Waals surface area contributed by atoms with Gasteiger partial charge in [0, 0.05) is 19.3 Å². The average Bonchev–Trinajstić information content (AvgIpc) is 3.26. The van der Waals surface area contributed by atoms with Crippen LogP contribution in [0.5, 0.6) is 0 Å². The summed E-state index contributed by atoms with van der Waals surface area (Å²) in [6.45, 7) is 6.58. The molecular weight excluding hydrogens is 757 g/mol. The molecular formula is C55H102O6. The van der Waals surface area contributed by atoms with E-state index in [1.54, 1.807) is 0 Å². The zero-order valence-electron chi connectivity index (χ0n) is 40.9. The van der Waals surface area contributed by atoms with Crippen molar-refractivity contribution >= 4 is 17.9 Å². The molecule has 0 saturated carbocycles. The van der Waals surface area contributed by atoms with Gasteiger partial charge in [0.25, 0.3) is 0 Å². The molecule has 0 rings (SSSR count). The molecule has 0 aliphatic carbocycles. The first kappa shape index (κ1) is 58.9. The second kappa shape index (κ2) is 50.5. The van der Waals surface area contributed by atoms with Crippen LogP contribution in [-0.2, 0) is 28.6 Å². The van der Waals surface area contributed by atoms with Crippen LogP contribution in [0.2, 0.25) is 0 Å². The molecule has 6 nitrogen and oxygen atoms in total. The van der Waals surface area contributed by atoms with Gasteiger partial charge in [0.15, 0.2) is 6.10 Å². The van der Waals surface area contributed by atoms with Crippen molar-refractivity contribution in [2.45, 2.75) is 297 Å². The van der Waals surface area contributed by atoms with Crippen molar-refractivity contribution in [3.63, 3.8) is 0 Å². The average molecular weight is 859 g/mol. The molecule has 0 N–H and O–H groups in total. The summed E-state index contributed by atoms with van der Waals surface area (Å²) in [5.74, 6) is -0.873. The van der Waals surface area contributed by atoms with E-state index in [2.05, 4.69) is 45.1 Å². The van der Waals surface area contributed by atoms with Crippen LogP contribution in [0.4, 0.5) is 0 Å². The summed E-state index contributed by atoms with van der Waals surface area (Å²) < 4.78 is 16.7. The molecule has 0 aromatic heterocycles. The molecule has 0 fully saturated rings. The van der Waals surface area contributed by atoms with Crippen LogP contribution in [0, 0.1) is 0 Å². The lowest BCUT2D eigenvalue weighted by atomic mass is 10.0. The van der Waals surface area contributed by atoms with E-state index in [1.165, 1.54) is 180 Å². The molecule has 1 atom stereocenters. The van der Waals surface area contributed by atoms with E-state index in [-0.39, 0.29) is 31.1 Å². The van der Waals surface area contributed by atoms with Gasteiger partial charge >= 0.3 is 17.9 Å². The van der Waals surface area contributed by atoms with E-state index in [0.717, 1.165) is 70.6 Å². The number of esters is 3. The molecule has 0 aliphatic rings. The molecule has 0 aromatic rings. The minimum Gasteiger partial charge on any atom is -0.462 e. The molecule has 0 aromatic carbocycles. The summed E-state index contributed by atoms with van der Waals surface area (Å²) in [7, 11) is 0. The van der Waals surface area contributed by atoms with E-state index in [9.17, 15) is 14.4 Å². The Labute approximate surface area is 379 Å². The van der Waals surface area contributed by atoms with E-state index in [1.807, 2.05) is 0 Å². The smallest absolute Gasteiger partial charge is 0.306 e. The highest BCUT2D eigenvalue weighted by Crippen LogP contribution is 2.16. The molecule has 0 spiro atoms. The molecule has 0 bridgehead atoms. The minimum absolute atomic E-state index is 0.0699. The monoisotopic (exact) mass is 859 g/mol. The van der Waals surface area contributed by atoms with Crippen LogP contribution < -0.4 is 0 Å². The van der Waals surface area contributed by atoms with Crippen molar-refractivity contribution in [3.05, 3.63) is 24.3 Å². The zero-order valence-corrected chi connectivity index (χ0v) is 40.9. The van der Waals surface area contributed by atoms with Crippen molar-refractivity contribution in [2.24, 2.45) is 0 Å². The van der Waals surface area contributed by atoms with Crippen molar-refractivity contribution < 1.29 is 28.6 Å². The number of carbonyl (C=O) groups excluding carboxylic acids is 3. The second-order valence-electron chi connectivity index (χ2n) is 18.2. The Morgan fingerprint density at radius 1 is 0.328 bits per heavy atom. The fraction of sp³-hybridized carbons (Fsp3) is 0.873. The first-order valence-corrected chi connectivity index (χ1v) is 26.8. The maximum Gasteiger partial charge on any atom is 0.306 e. The highest BCUT2D eigenvalue weighted by Gasteiger charge is 2.19. The normalized spacial score (nSPS) is 12.1. The summed E-state index contributed by atoms with van der Waals surface area (Å²) in [5.41, 5.74) is 0. The zero-order chi connectivity index (χ0) is 44.4. The Morgan fingerprint density at radius 3 is 0.902 bits per heavy atom. The largest absolute Gasteiger partial charge is 0.462 e. The maximum atomic E-state index is 12.7. The van der Waals surface area contributed by atoms with Gasteiger partial charge in [-0.3, -0.25) is 14.4 Å². The summed E-state index contributed by atoms with van der Waals surface area (Å²) in [5, 5.41) is 0. The first-order chi connectivity index (χ1) is 30.0. The number of unbranched alkanes of at least 4 members (excludes halogenated alkanes) is 34. The number of allylic oxidation sites excluding steroid dienone is 4. The summed E-state index contributed by atoms with van der Waals surface area (Å²) >= 11 is 0. The highest BCUT2D eigenvalue weighted by atomic mass is 16.6. The van der Waals surface area contributed by atoms with Gasteiger partial charge in [-0.05, 0) is 51.4 Å². The van der Waals surface area contributed by atoms with E-state index < -0.39 is 6.10 Å². The van der Waals surface area contributed by atoms with Crippen LogP contribution in [-0.4, -0.2) is 37.2 Å². The maximum absolute atomic E-state index is 12.7. The van der Waals surface area contributed by atoms with Gasteiger partial charge in [0.2, 0.25) is 0 Å². The minimum atomic E-state index is -0.765. The van der Waals surface area contributed by atoms with Gasteiger partial charge in [-0.2, -0.15) is 0 Å². The number of hydrogen-bond acceptors (Lipinski definition) is 6. The second-order valence-corrected chi connectivity index (χ2v) is 18.2. The van der Waals surface area contributed by atoms with Crippen LogP contribution >= 0.6 is 0 Å². The van der Waals surface area contributed by atoms with E-state index in [0.29, 0.717) is 19.3 Å². The summed E-state index contributed by atoms with van der Waals surface area (Å²) in [6.07, 6.45) is 57.7. The molecule has 358 valence electrons. The fourth-order valence-corrected chi connectivity index (χ4v) is 7.89. The van der Waals surface area contributed by atoms with Gasteiger partial charge in [-0.25, -0.2) is 0 Å². The van der Waals surface area contributed by atoms with Gasteiger partial charge in [0.1, 0.15) is 13.2 Å². The fourth-order valence-electron chi connectivity index (χ4n) is 7.89. The predicted molar refractivity (Wildman–Crippen MR) is 261 cm³/mol. The molecule has 61 heavy (non-hydrogen) atoms. The van der Waals surface area contributed by atoms with Crippen LogP contribution in [0.15, 0.2) is 24.3 Å². The predicted octanol–water partition coefficient (Wildman–Crippen LogP) is 17.5. The Hall–Kier alpha value is -2.11. The topological polar surface area (TPSA) is 78.9 Å². The lowest BCUT2D eigenvalue weighted by molar-refractivity contribution is -0.167. The van der Waals surface area contributed by atoms with Crippen molar-refractivity contribution in [3.8, 4) is 0 Å². The van der Waals surface area contributed by atoms with Crippen LogP contribution in [0.3, 0.4) is 0 Å². The van der Waals surface area contributed by atoms with Gasteiger partial charge in [-0.1, -0.05) is 244 Å². The standard InChI is InChI=1S/C55H102O6/c1-4-7-10-13-15-17-19-21-23-25-26-27-28-30-31-33-35-37-39-42-45-48-54(57)60-51-52(50-59-53(56)47-44-41-12-9-6-3)61-55(58)49-46-43-40-38-36-34-32-29-24-22-20-18-16-14-11-8-5-2/h19,21,25-26,52H,4-18,20,22-24,27-51H2,1-3H3/b21-19-,26-25-. The third-order valence-electron chi connectivity index (χ3n) is 12.0. The van der Waals surface area contributed by atoms with Crippen molar-refractivity contribution in [1.29, 1.82) is 0 Å². The van der Waals surface area contributed by atoms with E-state index >= 15 is 0 Å². The number of rotatable bonds is 49. The van der Waals surface area contributed by atoms with Gasteiger partial charge in [0.05, 0.1) is 0 Å². The molecule has 0 aliphatic heterocycles. The van der Waals surface area contributed by atoms with Crippen molar-refractivity contribution in [1.82, 2.24) is 0 Å². The third-order valence-corrected chi connectivity index (χ3v) is 12.0. The Kier molecular flexibility index (Phi) is 48.8. The third kappa shape index (κ3) is 48.8.